The van der Waals surface area contributed by atoms with E-state index in [9.17, 15) is 8.78 Å². The lowest BCUT2D eigenvalue weighted by Gasteiger charge is -2.11. The molecule has 2 N–H and O–H groups in total. The molecule has 3 aromatic rings. The van der Waals surface area contributed by atoms with Crippen LogP contribution in [-0.2, 0) is 13.1 Å². The van der Waals surface area contributed by atoms with Crippen molar-refractivity contribution in [3.8, 4) is 5.69 Å². The van der Waals surface area contributed by atoms with E-state index in [1.54, 1.807) is 17.9 Å². The first-order valence-corrected chi connectivity index (χ1v) is 8.13. The highest BCUT2D eigenvalue weighted by Crippen LogP contribution is 2.09. The van der Waals surface area contributed by atoms with Gasteiger partial charge >= 0.3 is 0 Å². The minimum Gasteiger partial charge on any atom is -0.352 e. The van der Waals surface area contributed by atoms with Crippen LogP contribution in [-0.4, -0.2) is 22.8 Å². The Hall–Kier alpha value is -3.22. The van der Waals surface area contributed by atoms with Crippen molar-refractivity contribution in [2.24, 2.45) is 4.99 Å². The number of guanidine groups is 1. The van der Waals surface area contributed by atoms with Gasteiger partial charge in [-0.25, -0.2) is 13.5 Å². The Morgan fingerprint density at radius 1 is 1.08 bits per heavy atom. The lowest BCUT2D eigenvalue weighted by Crippen LogP contribution is -2.36. The van der Waals surface area contributed by atoms with Crippen LogP contribution in [0.5, 0.6) is 0 Å². The minimum absolute atomic E-state index is 0.131. The summed E-state index contributed by atoms with van der Waals surface area (Å²) >= 11 is 0. The van der Waals surface area contributed by atoms with Crippen molar-refractivity contribution in [1.29, 1.82) is 0 Å². The summed E-state index contributed by atoms with van der Waals surface area (Å²) < 4.78 is 28.7. The quantitative estimate of drug-likeness (QED) is 0.546. The van der Waals surface area contributed by atoms with Gasteiger partial charge in [-0.05, 0) is 30.3 Å². The summed E-state index contributed by atoms with van der Waals surface area (Å²) in [5.74, 6) is -0.445. The smallest absolute Gasteiger partial charge is 0.191 e. The molecule has 2 aromatic carbocycles. The number of aromatic nitrogens is 2. The van der Waals surface area contributed by atoms with Crippen molar-refractivity contribution in [2.75, 3.05) is 7.05 Å². The molecule has 0 spiro atoms. The fourth-order valence-electron chi connectivity index (χ4n) is 2.44. The maximum absolute atomic E-state index is 13.7. The second kappa shape index (κ2) is 8.24. The number of rotatable bonds is 5. The van der Waals surface area contributed by atoms with Crippen molar-refractivity contribution in [2.45, 2.75) is 13.1 Å². The van der Waals surface area contributed by atoms with Crippen LogP contribution in [0.1, 0.15) is 11.1 Å². The highest BCUT2D eigenvalue weighted by molar-refractivity contribution is 5.79. The third-order valence-corrected chi connectivity index (χ3v) is 3.79. The molecule has 0 saturated carbocycles. The molecule has 0 amide bonds. The van der Waals surface area contributed by atoms with Crippen LogP contribution in [0, 0.1) is 11.6 Å². The molecule has 0 radical (unpaired) electrons. The average molecular weight is 355 g/mol. The minimum atomic E-state index is -0.473. The summed E-state index contributed by atoms with van der Waals surface area (Å²) in [6, 6.07) is 13.2. The van der Waals surface area contributed by atoms with Crippen molar-refractivity contribution in [3.63, 3.8) is 0 Å². The molecule has 3 rings (SSSR count). The normalized spacial score (nSPS) is 11.4. The van der Waals surface area contributed by atoms with Gasteiger partial charge in [0.25, 0.3) is 0 Å². The van der Waals surface area contributed by atoms with Gasteiger partial charge in [-0.1, -0.05) is 18.2 Å². The summed E-state index contributed by atoms with van der Waals surface area (Å²) in [6.07, 6.45) is 3.68. The molecular weight excluding hydrogens is 336 g/mol. The van der Waals surface area contributed by atoms with Crippen molar-refractivity contribution < 1.29 is 8.78 Å². The maximum Gasteiger partial charge on any atom is 0.191 e. The molecule has 26 heavy (non-hydrogen) atoms. The number of halogens is 2. The standard InChI is InChI=1S/C19H19F2N5/c1-22-19(24-12-15-9-16(20)7-8-18(15)21)23-10-14-11-25-26(13-14)17-5-3-2-4-6-17/h2-9,11,13H,10,12H2,1H3,(H2,22,23,24). The molecule has 5 nitrogen and oxygen atoms in total. The lowest BCUT2D eigenvalue weighted by atomic mass is 10.2. The molecule has 7 heteroatoms. The van der Waals surface area contributed by atoms with Gasteiger partial charge in [0.2, 0.25) is 0 Å². The number of hydrogen-bond acceptors (Lipinski definition) is 2. The predicted molar refractivity (Wildman–Crippen MR) is 97.0 cm³/mol. The van der Waals surface area contributed by atoms with Crippen LogP contribution in [0.3, 0.4) is 0 Å². The summed E-state index contributed by atoms with van der Waals surface area (Å²) in [4.78, 5) is 4.09. The Labute approximate surface area is 150 Å². The monoisotopic (exact) mass is 355 g/mol. The second-order valence-electron chi connectivity index (χ2n) is 5.64. The summed E-state index contributed by atoms with van der Waals surface area (Å²) in [7, 11) is 1.62. The van der Waals surface area contributed by atoms with Gasteiger partial charge in [-0.15, -0.1) is 0 Å². The molecular formula is C19H19F2N5. The Kier molecular flexibility index (Phi) is 5.58. The van der Waals surface area contributed by atoms with Crippen LogP contribution in [0.2, 0.25) is 0 Å². The zero-order chi connectivity index (χ0) is 18.4. The fourth-order valence-corrected chi connectivity index (χ4v) is 2.44. The first-order chi connectivity index (χ1) is 12.7. The third-order valence-electron chi connectivity index (χ3n) is 3.79. The van der Waals surface area contributed by atoms with Crippen LogP contribution in [0.4, 0.5) is 8.78 Å². The number of aliphatic imine (C=N–C) groups is 1. The van der Waals surface area contributed by atoms with E-state index in [1.165, 1.54) is 6.07 Å². The molecule has 1 aromatic heterocycles. The van der Waals surface area contributed by atoms with Gasteiger partial charge in [0.1, 0.15) is 11.6 Å². The first kappa shape index (κ1) is 17.6. The molecule has 0 aliphatic heterocycles. The fraction of sp³-hybridized carbons (Fsp3) is 0.158. The topological polar surface area (TPSA) is 54.2 Å². The summed E-state index contributed by atoms with van der Waals surface area (Å²) in [6.45, 7) is 0.630. The van der Waals surface area contributed by atoms with Crippen LogP contribution in [0.15, 0.2) is 65.9 Å². The molecule has 1 heterocycles. The Bertz CT molecular complexity index is 890. The second-order valence-corrected chi connectivity index (χ2v) is 5.64. The van der Waals surface area contributed by atoms with Crippen molar-refractivity contribution in [3.05, 3.63) is 83.7 Å². The Morgan fingerprint density at radius 2 is 1.85 bits per heavy atom. The predicted octanol–water partition coefficient (Wildman–Crippen LogP) is 3.02. The Morgan fingerprint density at radius 3 is 2.62 bits per heavy atom. The zero-order valence-electron chi connectivity index (χ0n) is 14.3. The molecule has 0 unspecified atom stereocenters. The number of para-hydroxylation sites is 1. The highest BCUT2D eigenvalue weighted by atomic mass is 19.1. The van der Waals surface area contributed by atoms with E-state index in [0.29, 0.717) is 12.5 Å². The molecule has 0 atom stereocenters. The van der Waals surface area contributed by atoms with Crippen molar-refractivity contribution >= 4 is 5.96 Å². The zero-order valence-corrected chi connectivity index (χ0v) is 14.3. The van der Waals surface area contributed by atoms with Gasteiger partial charge in [0.15, 0.2) is 5.96 Å². The summed E-state index contributed by atoms with van der Waals surface area (Å²) in [5.41, 5.74) is 2.18. The lowest BCUT2D eigenvalue weighted by molar-refractivity contribution is 0.581. The van der Waals surface area contributed by atoms with Gasteiger partial charge in [-0.2, -0.15) is 5.10 Å². The van der Waals surface area contributed by atoms with E-state index in [1.807, 2.05) is 36.5 Å². The summed E-state index contributed by atoms with van der Waals surface area (Å²) in [5, 5.41) is 10.4. The SMILES string of the molecule is CN=C(NCc1cnn(-c2ccccc2)c1)NCc1cc(F)ccc1F. The molecule has 0 aliphatic rings. The maximum atomic E-state index is 13.7. The van der Waals surface area contributed by atoms with Crippen LogP contribution < -0.4 is 10.6 Å². The highest BCUT2D eigenvalue weighted by Gasteiger charge is 2.06. The van der Waals surface area contributed by atoms with Gasteiger partial charge in [0.05, 0.1) is 11.9 Å². The van der Waals surface area contributed by atoms with E-state index >= 15 is 0 Å². The largest absolute Gasteiger partial charge is 0.352 e. The van der Waals surface area contributed by atoms with E-state index in [4.69, 9.17) is 0 Å². The first-order valence-electron chi connectivity index (χ1n) is 8.13. The van der Waals surface area contributed by atoms with E-state index in [-0.39, 0.29) is 12.1 Å². The van der Waals surface area contributed by atoms with Gasteiger partial charge in [0, 0.05) is 37.5 Å². The van der Waals surface area contributed by atoms with Gasteiger partial charge < -0.3 is 10.6 Å². The van der Waals surface area contributed by atoms with E-state index in [0.717, 1.165) is 23.4 Å². The van der Waals surface area contributed by atoms with Gasteiger partial charge in [-0.3, -0.25) is 4.99 Å². The Balaban J connectivity index is 1.56. The van der Waals surface area contributed by atoms with Crippen molar-refractivity contribution in [1.82, 2.24) is 20.4 Å². The molecule has 134 valence electrons. The number of hydrogen-bond donors (Lipinski definition) is 2. The number of benzene rings is 2. The molecule has 0 bridgehead atoms. The molecule has 0 fully saturated rings. The van der Waals surface area contributed by atoms with Crippen LogP contribution in [0.25, 0.3) is 5.69 Å². The molecule has 0 aliphatic carbocycles. The van der Waals surface area contributed by atoms with E-state index < -0.39 is 11.6 Å². The van der Waals surface area contributed by atoms with Crippen LogP contribution >= 0.6 is 0 Å². The third kappa shape index (κ3) is 4.44. The van der Waals surface area contributed by atoms with E-state index in [2.05, 4.69) is 20.7 Å². The molecule has 0 saturated heterocycles. The number of nitrogens with one attached hydrogen (secondary N) is 2. The average Bonchev–Trinajstić information content (AvgIpc) is 3.14. The number of nitrogens with zero attached hydrogens (tertiary/aromatic N) is 3.